The van der Waals surface area contributed by atoms with Gasteiger partial charge < -0.3 is 15.5 Å². The average Bonchev–Trinajstić information content (AvgIpc) is 2.44. The molecule has 0 saturated carbocycles. The number of hydrogen-bond acceptors (Lipinski definition) is 4. The molecule has 2 amide bonds. The van der Waals surface area contributed by atoms with E-state index < -0.39 is 5.91 Å². The van der Waals surface area contributed by atoms with Crippen LogP contribution in [0.5, 0.6) is 0 Å². The Kier molecular flexibility index (Phi) is 6.92. The highest BCUT2D eigenvalue weighted by atomic mass is 16.2. The number of nitriles is 1. The number of anilines is 1. The minimum atomic E-state index is -0.428. The van der Waals surface area contributed by atoms with Gasteiger partial charge in [-0.25, -0.2) is 0 Å². The van der Waals surface area contributed by atoms with Gasteiger partial charge in [0.1, 0.15) is 12.5 Å². The highest BCUT2D eigenvalue weighted by molar-refractivity contribution is 6.04. The molecule has 0 aliphatic carbocycles. The lowest BCUT2D eigenvalue weighted by atomic mass is 10.2. The lowest BCUT2D eigenvalue weighted by Crippen LogP contribution is -2.30. The molecule has 2 N–H and O–H groups in total. The van der Waals surface area contributed by atoms with E-state index in [9.17, 15) is 9.59 Å². The number of hydrogen-bond donors (Lipinski definition) is 2. The second kappa shape index (κ2) is 8.72. The van der Waals surface area contributed by atoms with Gasteiger partial charge in [-0.2, -0.15) is 5.26 Å². The summed E-state index contributed by atoms with van der Waals surface area (Å²) in [6.45, 7) is 1.42. The molecule has 0 unspecified atom stereocenters. The number of nitrogens with zero attached hydrogens (tertiary/aromatic N) is 2. The second-order valence-electron chi connectivity index (χ2n) is 4.89. The molecule has 0 spiro atoms. The molecule has 112 valence electrons. The first-order valence-corrected chi connectivity index (χ1v) is 6.73. The summed E-state index contributed by atoms with van der Waals surface area (Å²) in [6, 6.07) is 8.66. The molecule has 0 aliphatic heterocycles. The van der Waals surface area contributed by atoms with Gasteiger partial charge in [0.2, 0.25) is 11.8 Å². The molecule has 0 radical (unpaired) electrons. The van der Waals surface area contributed by atoms with E-state index in [-0.39, 0.29) is 12.3 Å². The van der Waals surface area contributed by atoms with Crippen LogP contribution in [0, 0.1) is 11.3 Å². The van der Waals surface area contributed by atoms with Crippen molar-refractivity contribution in [3.63, 3.8) is 0 Å². The summed E-state index contributed by atoms with van der Waals surface area (Å²) in [5.41, 5.74) is 0.794. The molecular formula is C15H20N4O2. The topological polar surface area (TPSA) is 85.2 Å². The van der Waals surface area contributed by atoms with E-state index in [1.807, 2.05) is 25.1 Å². The predicted molar refractivity (Wildman–Crippen MR) is 80.6 cm³/mol. The number of rotatable bonds is 7. The predicted octanol–water partition coefficient (Wildman–Crippen LogP) is 0.955. The molecule has 0 bridgehead atoms. The largest absolute Gasteiger partial charge is 0.356 e. The second-order valence-corrected chi connectivity index (χ2v) is 4.89. The van der Waals surface area contributed by atoms with Gasteiger partial charge in [0.25, 0.3) is 0 Å². The van der Waals surface area contributed by atoms with E-state index in [0.29, 0.717) is 17.8 Å². The van der Waals surface area contributed by atoms with E-state index in [1.54, 1.807) is 24.3 Å². The van der Waals surface area contributed by atoms with E-state index in [1.165, 1.54) is 0 Å². The lowest BCUT2D eigenvalue weighted by Gasteiger charge is -2.10. The van der Waals surface area contributed by atoms with Crippen molar-refractivity contribution in [2.45, 2.75) is 12.8 Å². The van der Waals surface area contributed by atoms with Gasteiger partial charge in [-0.1, -0.05) is 12.1 Å². The first-order chi connectivity index (χ1) is 10.0. The Morgan fingerprint density at radius 3 is 2.62 bits per heavy atom. The third-order valence-electron chi connectivity index (χ3n) is 2.75. The van der Waals surface area contributed by atoms with Crippen LogP contribution in [0.1, 0.15) is 18.4 Å². The number of carbonyl (C=O) groups excluding carboxylic acids is 2. The molecule has 0 aromatic heterocycles. The number of benzene rings is 1. The van der Waals surface area contributed by atoms with Crippen LogP contribution in [-0.4, -0.2) is 43.9 Å². The van der Waals surface area contributed by atoms with Crippen molar-refractivity contribution in [2.75, 3.05) is 32.5 Å². The van der Waals surface area contributed by atoms with Crippen LogP contribution in [0.3, 0.4) is 0 Å². The summed E-state index contributed by atoms with van der Waals surface area (Å²) in [6.07, 6.45) is 0.583. The van der Waals surface area contributed by atoms with E-state index in [0.717, 1.165) is 13.0 Å². The minimum Gasteiger partial charge on any atom is -0.356 e. The first kappa shape index (κ1) is 16.7. The third kappa shape index (κ3) is 6.54. The average molecular weight is 288 g/mol. The molecule has 0 aliphatic rings. The molecule has 21 heavy (non-hydrogen) atoms. The zero-order valence-electron chi connectivity index (χ0n) is 12.3. The highest BCUT2D eigenvalue weighted by Gasteiger charge is 2.10. The van der Waals surface area contributed by atoms with Crippen LogP contribution < -0.4 is 10.6 Å². The Hall–Kier alpha value is -2.39. The zero-order valence-corrected chi connectivity index (χ0v) is 12.3. The fraction of sp³-hybridized carbons (Fsp3) is 0.400. The van der Waals surface area contributed by atoms with Crippen LogP contribution in [0.15, 0.2) is 24.3 Å². The van der Waals surface area contributed by atoms with Crippen LogP contribution >= 0.6 is 0 Å². The minimum absolute atomic E-state index is 0.248. The summed E-state index contributed by atoms with van der Waals surface area (Å²) >= 11 is 0. The fourth-order valence-electron chi connectivity index (χ4n) is 1.72. The van der Waals surface area contributed by atoms with Crippen molar-refractivity contribution < 1.29 is 9.59 Å². The third-order valence-corrected chi connectivity index (χ3v) is 2.75. The Morgan fingerprint density at radius 1 is 1.24 bits per heavy atom. The van der Waals surface area contributed by atoms with Gasteiger partial charge in [0.05, 0.1) is 11.3 Å². The van der Waals surface area contributed by atoms with E-state index in [4.69, 9.17) is 5.26 Å². The van der Waals surface area contributed by atoms with Crippen molar-refractivity contribution in [3.05, 3.63) is 29.8 Å². The standard InChI is InChI=1S/C15H20N4O2/c1-19(2)9-5-8-17-14(20)10-15(21)18-13-7-4-3-6-12(13)11-16/h3-4,6-7H,5,8-10H2,1-2H3,(H,17,20)(H,18,21). The molecule has 0 fully saturated rings. The maximum atomic E-state index is 11.7. The van der Waals surface area contributed by atoms with Crippen molar-refractivity contribution in [2.24, 2.45) is 0 Å². The molecule has 0 saturated heterocycles. The highest BCUT2D eigenvalue weighted by Crippen LogP contribution is 2.13. The van der Waals surface area contributed by atoms with Crippen LogP contribution in [0.25, 0.3) is 0 Å². The smallest absolute Gasteiger partial charge is 0.233 e. The van der Waals surface area contributed by atoms with Crippen molar-refractivity contribution in [3.8, 4) is 6.07 Å². The summed E-state index contributed by atoms with van der Waals surface area (Å²) < 4.78 is 0. The number of nitrogens with one attached hydrogen (secondary N) is 2. The molecule has 0 heterocycles. The first-order valence-electron chi connectivity index (χ1n) is 6.73. The van der Waals surface area contributed by atoms with Crippen molar-refractivity contribution in [1.29, 1.82) is 5.26 Å². The normalized spacial score (nSPS) is 10.0. The molecule has 6 heteroatoms. The summed E-state index contributed by atoms with van der Waals surface area (Å²) in [5.74, 6) is -0.747. The molecule has 1 rings (SSSR count). The fourth-order valence-corrected chi connectivity index (χ4v) is 1.72. The number of para-hydroxylation sites is 1. The van der Waals surface area contributed by atoms with Gasteiger partial charge in [-0.15, -0.1) is 0 Å². The Balaban J connectivity index is 2.36. The molecule has 6 nitrogen and oxygen atoms in total. The maximum absolute atomic E-state index is 11.7. The lowest BCUT2D eigenvalue weighted by molar-refractivity contribution is -0.126. The van der Waals surface area contributed by atoms with E-state index in [2.05, 4.69) is 10.6 Å². The SMILES string of the molecule is CN(C)CCCNC(=O)CC(=O)Nc1ccccc1C#N. The Labute approximate surface area is 124 Å². The summed E-state index contributed by atoms with van der Waals surface area (Å²) in [7, 11) is 3.92. The molecule has 0 atom stereocenters. The quantitative estimate of drug-likeness (QED) is 0.578. The summed E-state index contributed by atoms with van der Waals surface area (Å²) in [4.78, 5) is 25.4. The van der Waals surface area contributed by atoms with Gasteiger partial charge in [-0.05, 0) is 39.2 Å². The molecule has 1 aromatic carbocycles. The van der Waals surface area contributed by atoms with Crippen LogP contribution in [0.4, 0.5) is 5.69 Å². The van der Waals surface area contributed by atoms with Gasteiger partial charge in [0, 0.05) is 6.54 Å². The Bertz CT molecular complexity index is 535. The monoisotopic (exact) mass is 288 g/mol. The van der Waals surface area contributed by atoms with Crippen LogP contribution in [0.2, 0.25) is 0 Å². The van der Waals surface area contributed by atoms with Gasteiger partial charge in [0.15, 0.2) is 0 Å². The van der Waals surface area contributed by atoms with Gasteiger partial charge in [-0.3, -0.25) is 9.59 Å². The molecular weight excluding hydrogens is 268 g/mol. The van der Waals surface area contributed by atoms with Gasteiger partial charge >= 0.3 is 0 Å². The molecule has 1 aromatic rings. The van der Waals surface area contributed by atoms with Crippen molar-refractivity contribution in [1.82, 2.24) is 10.2 Å². The zero-order chi connectivity index (χ0) is 15.7. The van der Waals surface area contributed by atoms with Crippen molar-refractivity contribution >= 4 is 17.5 Å². The number of carbonyl (C=O) groups is 2. The number of amides is 2. The summed E-state index contributed by atoms with van der Waals surface area (Å²) in [5, 5.41) is 14.2. The maximum Gasteiger partial charge on any atom is 0.233 e. The van der Waals surface area contributed by atoms with E-state index >= 15 is 0 Å². The Morgan fingerprint density at radius 2 is 1.95 bits per heavy atom. The van der Waals surface area contributed by atoms with Crippen LogP contribution in [-0.2, 0) is 9.59 Å².